The average Bonchev–Trinajstić information content (AvgIpc) is 2.56. The van der Waals surface area contributed by atoms with Gasteiger partial charge in [-0.2, -0.15) is 0 Å². The van der Waals surface area contributed by atoms with Crippen LogP contribution in [-0.4, -0.2) is 24.3 Å². The molecule has 146 valence electrons. The van der Waals surface area contributed by atoms with Gasteiger partial charge in [0.15, 0.2) is 0 Å². The van der Waals surface area contributed by atoms with E-state index in [0.29, 0.717) is 6.42 Å². The minimum Gasteiger partial charge on any atom is -0.463 e. The Morgan fingerprint density at radius 2 is 1.08 bits per heavy atom. The maximum atomic E-state index is 11.2. The molecule has 0 saturated carbocycles. The third kappa shape index (κ3) is 21.4. The van der Waals surface area contributed by atoms with Crippen LogP contribution in [0.2, 0.25) is 0 Å². The van der Waals surface area contributed by atoms with Crippen molar-refractivity contribution < 1.29 is 14.6 Å². The SMILES string of the molecule is C.CCCCCCCCCCCCCCCCCC(=O)OCCO. The number of hydrogen-bond donors (Lipinski definition) is 1. The molecule has 0 aliphatic carbocycles. The van der Waals surface area contributed by atoms with Crippen molar-refractivity contribution in [1.29, 1.82) is 0 Å². The van der Waals surface area contributed by atoms with Crippen LogP contribution in [0.1, 0.15) is 117 Å². The number of esters is 1. The van der Waals surface area contributed by atoms with Crippen molar-refractivity contribution in [3.05, 3.63) is 0 Å². The molecule has 3 heteroatoms. The van der Waals surface area contributed by atoms with E-state index in [9.17, 15) is 4.79 Å². The zero-order chi connectivity index (χ0) is 17.0. The Morgan fingerprint density at radius 3 is 1.46 bits per heavy atom. The Hall–Kier alpha value is -0.570. The second-order valence-corrected chi connectivity index (χ2v) is 6.64. The van der Waals surface area contributed by atoms with E-state index in [1.165, 1.54) is 83.5 Å². The van der Waals surface area contributed by atoms with Gasteiger partial charge in [-0.15, -0.1) is 0 Å². The molecule has 0 aromatic rings. The van der Waals surface area contributed by atoms with Crippen LogP contribution >= 0.6 is 0 Å². The van der Waals surface area contributed by atoms with Crippen LogP contribution < -0.4 is 0 Å². The molecule has 3 nitrogen and oxygen atoms in total. The largest absolute Gasteiger partial charge is 0.463 e. The predicted molar refractivity (Wildman–Crippen MR) is 104 cm³/mol. The number of rotatable bonds is 18. The maximum absolute atomic E-state index is 11.2. The second kappa shape index (κ2) is 22.4. The molecule has 1 N–H and O–H groups in total. The van der Waals surface area contributed by atoms with Gasteiger partial charge in [-0.25, -0.2) is 0 Å². The van der Waals surface area contributed by atoms with Gasteiger partial charge < -0.3 is 9.84 Å². The smallest absolute Gasteiger partial charge is 0.305 e. The van der Waals surface area contributed by atoms with E-state index in [4.69, 9.17) is 9.84 Å². The minimum atomic E-state index is -0.172. The molecule has 0 amide bonds. The highest BCUT2D eigenvalue weighted by Crippen LogP contribution is 2.13. The Labute approximate surface area is 151 Å². The molecule has 0 spiro atoms. The summed E-state index contributed by atoms with van der Waals surface area (Å²) in [5.41, 5.74) is 0. The molecule has 0 fully saturated rings. The van der Waals surface area contributed by atoms with Gasteiger partial charge in [0.25, 0.3) is 0 Å². The average molecular weight is 345 g/mol. The lowest BCUT2D eigenvalue weighted by atomic mass is 10.0. The number of carbonyl (C=O) groups excluding carboxylic acids is 1. The molecule has 0 unspecified atom stereocenters. The third-order valence-corrected chi connectivity index (χ3v) is 4.34. The van der Waals surface area contributed by atoms with Crippen molar-refractivity contribution in [2.45, 2.75) is 117 Å². The summed E-state index contributed by atoms with van der Waals surface area (Å²) in [6, 6.07) is 0. The number of aliphatic hydroxyl groups excluding tert-OH is 1. The van der Waals surface area contributed by atoms with E-state index >= 15 is 0 Å². The lowest BCUT2D eigenvalue weighted by Crippen LogP contribution is -2.07. The molecule has 0 aliphatic heterocycles. The van der Waals surface area contributed by atoms with Crippen LogP contribution in [0, 0.1) is 0 Å². The molecule has 0 bridgehead atoms. The van der Waals surface area contributed by atoms with E-state index in [1.807, 2.05) is 0 Å². The van der Waals surface area contributed by atoms with Crippen molar-refractivity contribution in [3.63, 3.8) is 0 Å². The standard InChI is InChI=1S/C20H40O3.CH4/c1-2-3-4-5-6-7-8-9-10-11-12-13-14-15-16-17-20(22)23-19-18-21;/h21H,2-19H2,1H3;1H4. The van der Waals surface area contributed by atoms with Gasteiger partial charge in [0.05, 0.1) is 6.61 Å². The molecule has 24 heavy (non-hydrogen) atoms. The number of aliphatic hydroxyl groups is 1. The fraction of sp³-hybridized carbons (Fsp3) is 0.952. The number of unbranched alkanes of at least 4 members (excludes halogenated alkanes) is 14. The number of carbonyl (C=O) groups is 1. The summed E-state index contributed by atoms with van der Waals surface area (Å²) in [5, 5.41) is 8.54. The molecule has 0 aliphatic rings. The monoisotopic (exact) mass is 344 g/mol. The summed E-state index contributed by atoms with van der Waals surface area (Å²) in [6.07, 6.45) is 20.4. The maximum Gasteiger partial charge on any atom is 0.305 e. The fourth-order valence-corrected chi connectivity index (χ4v) is 2.87. The summed E-state index contributed by atoms with van der Waals surface area (Å²) >= 11 is 0. The van der Waals surface area contributed by atoms with Gasteiger partial charge in [0.1, 0.15) is 6.61 Å². The molecule has 0 atom stereocenters. The quantitative estimate of drug-likeness (QED) is 0.230. The molecule has 0 aromatic carbocycles. The Balaban J connectivity index is 0. The van der Waals surface area contributed by atoms with Gasteiger partial charge in [0.2, 0.25) is 0 Å². The minimum absolute atomic E-state index is 0. The summed E-state index contributed by atoms with van der Waals surface area (Å²) in [4.78, 5) is 11.2. The summed E-state index contributed by atoms with van der Waals surface area (Å²) < 4.78 is 4.82. The van der Waals surface area contributed by atoms with E-state index in [-0.39, 0.29) is 26.6 Å². The van der Waals surface area contributed by atoms with Crippen LogP contribution in [0.15, 0.2) is 0 Å². The Morgan fingerprint density at radius 1 is 0.708 bits per heavy atom. The van der Waals surface area contributed by atoms with Crippen molar-refractivity contribution >= 4 is 5.97 Å². The first-order valence-electron chi connectivity index (χ1n) is 10.1. The first-order chi connectivity index (χ1) is 11.3. The molecule has 0 radical (unpaired) electrons. The van der Waals surface area contributed by atoms with Crippen LogP contribution in [0.25, 0.3) is 0 Å². The highest BCUT2D eigenvalue weighted by Gasteiger charge is 2.01. The fourth-order valence-electron chi connectivity index (χ4n) is 2.87. The summed E-state index contributed by atoms with van der Waals surface area (Å²) in [6.45, 7) is 2.33. The number of hydrogen-bond acceptors (Lipinski definition) is 3. The van der Waals surface area contributed by atoms with E-state index in [1.54, 1.807) is 0 Å². The Kier molecular flexibility index (Phi) is 24.0. The number of ether oxygens (including phenoxy) is 1. The van der Waals surface area contributed by atoms with E-state index in [0.717, 1.165) is 12.8 Å². The predicted octanol–water partition coefficient (Wildman–Crippen LogP) is 6.42. The van der Waals surface area contributed by atoms with Crippen molar-refractivity contribution in [2.24, 2.45) is 0 Å². The second-order valence-electron chi connectivity index (χ2n) is 6.64. The van der Waals surface area contributed by atoms with E-state index < -0.39 is 0 Å². The van der Waals surface area contributed by atoms with Crippen LogP contribution in [0.4, 0.5) is 0 Å². The van der Waals surface area contributed by atoms with Gasteiger partial charge in [0, 0.05) is 6.42 Å². The molecule has 0 rings (SSSR count). The van der Waals surface area contributed by atoms with E-state index in [2.05, 4.69) is 6.92 Å². The lowest BCUT2D eigenvalue weighted by Gasteiger charge is -2.04. The summed E-state index contributed by atoms with van der Waals surface area (Å²) in [7, 11) is 0. The molecule has 0 heterocycles. The van der Waals surface area contributed by atoms with Crippen LogP contribution in [0.5, 0.6) is 0 Å². The van der Waals surface area contributed by atoms with Crippen molar-refractivity contribution in [2.75, 3.05) is 13.2 Å². The highest BCUT2D eigenvalue weighted by atomic mass is 16.5. The topological polar surface area (TPSA) is 46.5 Å². The first-order valence-corrected chi connectivity index (χ1v) is 10.1. The third-order valence-electron chi connectivity index (χ3n) is 4.34. The van der Waals surface area contributed by atoms with Gasteiger partial charge in [-0.3, -0.25) is 4.79 Å². The van der Waals surface area contributed by atoms with Gasteiger partial charge in [-0.1, -0.05) is 104 Å². The Bertz CT molecular complexity index is 241. The van der Waals surface area contributed by atoms with Crippen molar-refractivity contribution in [1.82, 2.24) is 0 Å². The lowest BCUT2D eigenvalue weighted by molar-refractivity contribution is -0.144. The van der Waals surface area contributed by atoms with Gasteiger partial charge >= 0.3 is 5.97 Å². The normalized spacial score (nSPS) is 10.4. The zero-order valence-corrected chi connectivity index (χ0v) is 15.5. The van der Waals surface area contributed by atoms with Crippen LogP contribution in [0.3, 0.4) is 0 Å². The molecule has 0 saturated heterocycles. The van der Waals surface area contributed by atoms with Crippen molar-refractivity contribution in [3.8, 4) is 0 Å². The summed E-state index contributed by atoms with van der Waals surface area (Å²) in [5.74, 6) is -0.172. The van der Waals surface area contributed by atoms with Crippen LogP contribution in [-0.2, 0) is 9.53 Å². The zero-order valence-electron chi connectivity index (χ0n) is 15.5. The molecular formula is C21H44O3. The first kappa shape index (κ1) is 25.7. The molecular weight excluding hydrogens is 300 g/mol. The highest BCUT2D eigenvalue weighted by molar-refractivity contribution is 5.69. The van der Waals surface area contributed by atoms with Gasteiger partial charge in [-0.05, 0) is 6.42 Å². The molecule has 0 aromatic heterocycles.